The van der Waals surface area contributed by atoms with Crippen molar-refractivity contribution in [1.82, 2.24) is 9.97 Å². The standard InChI is InChI=1S/C20H18N4O3/c1-12-4-3-5-14(8-12)24-20(25)16-10-19(22-13(2)21-16)23-15-6-7-17-18(9-15)27-11-26-17/h3-10H,11H2,1-2H3,(H,24,25)(H,21,22,23). The second-order valence-electron chi connectivity index (χ2n) is 6.20. The van der Waals surface area contributed by atoms with Gasteiger partial charge in [-0.2, -0.15) is 0 Å². The summed E-state index contributed by atoms with van der Waals surface area (Å²) in [5.41, 5.74) is 2.85. The molecule has 0 aliphatic carbocycles. The van der Waals surface area contributed by atoms with Crippen molar-refractivity contribution < 1.29 is 14.3 Å². The highest BCUT2D eigenvalue weighted by molar-refractivity contribution is 6.03. The summed E-state index contributed by atoms with van der Waals surface area (Å²) in [4.78, 5) is 21.2. The number of ether oxygens (including phenoxy) is 2. The van der Waals surface area contributed by atoms with Gasteiger partial charge < -0.3 is 20.1 Å². The van der Waals surface area contributed by atoms with E-state index in [0.717, 1.165) is 16.9 Å². The molecule has 0 fully saturated rings. The van der Waals surface area contributed by atoms with E-state index in [1.807, 2.05) is 49.4 Å². The van der Waals surface area contributed by atoms with Crippen LogP contribution in [-0.2, 0) is 0 Å². The van der Waals surface area contributed by atoms with Crippen molar-refractivity contribution in [2.75, 3.05) is 17.4 Å². The molecule has 1 aliphatic rings. The van der Waals surface area contributed by atoms with Gasteiger partial charge in [-0.05, 0) is 43.7 Å². The highest BCUT2D eigenvalue weighted by Gasteiger charge is 2.15. The van der Waals surface area contributed by atoms with Crippen molar-refractivity contribution in [3.8, 4) is 11.5 Å². The van der Waals surface area contributed by atoms with E-state index in [4.69, 9.17) is 9.47 Å². The lowest BCUT2D eigenvalue weighted by Crippen LogP contribution is -2.15. The van der Waals surface area contributed by atoms with Gasteiger partial charge in [0.25, 0.3) is 5.91 Å². The van der Waals surface area contributed by atoms with E-state index in [9.17, 15) is 4.79 Å². The SMILES string of the molecule is Cc1cccc(NC(=O)c2cc(Nc3ccc4c(c3)OCO4)nc(C)n2)c1. The number of hydrogen-bond acceptors (Lipinski definition) is 6. The number of carbonyl (C=O) groups is 1. The molecular weight excluding hydrogens is 344 g/mol. The van der Waals surface area contributed by atoms with Gasteiger partial charge in [-0.25, -0.2) is 9.97 Å². The van der Waals surface area contributed by atoms with Crippen LogP contribution in [0.3, 0.4) is 0 Å². The molecule has 0 radical (unpaired) electrons. The molecule has 1 aliphatic heterocycles. The zero-order valence-electron chi connectivity index (χ0n) is 14.9. The largest absolute Gasteiger partial charge is 0.454 e. The van der Waals surface area contributed by atoms with Crippen molar-refractivity contribution in [3.05, 3.63) is 65.6 Å². The number of anilines is 3. The lowest BCUT2D eigenvalue weighted by molar-refractivity contribution is 0.102. The summed E-state index contributed by atoms with van der Waals surface area (Å²) in [5, 5.41) is 6.03. The summed E-state index contributed by atoms with van der Waals surface area (Å²) in [6.07, 6.45) is 0. The monoisotopic (exact) mass is 362 g/mol. The minimum Gasteiger partial charge on any atom is -0.454 e. The van der Waals surface area contributed by atoms with Gasteiger partial charge in [-0.1, -0.05) is 12.1 Å². The number of benzene rings is 2. The number of fused-ring (bicyclic) bond motifs is 1. The van der Waals surface area contributed by atoms with Crippen LogP contribution in [0.4, 0.5) is 17.2 Å². The average molecular weight is 362 g/mol. The molecule has 2 aromatic carbocycles. The highest BCUT2D eigenvalue weighted by atomic mass is 16.7. The molecule has 7 heteroatoms. The van der Waals surface area contributed by atoms with E-state index in [-0.39, 0.29) is 18.4 Å². The molecule has 1 aromatic heterocycles. The third-order valence-corrected chi connectivity index (χ3v) is 3.99. The number of aromatic nitrogens is 2. The highest BCUT2D eigenvalue weighted by Crippen LogP contribution is 2.34. The molecule has 0 saturated carbocycles. The predicted octanol–water partition coefficient (Wildman–Crippen LogP) is 3.82. The van der Waals surface area contributed by atoms with Crippen LogP contribution >= 0.6 is 0 Å². The number of hydrogen-bond donors (Lipinski definition) is 2. The Labute approximate surface area is 156 Å². The third-order valence-electron chi connectivity index (χ3n) is 3.99. The van der Waals surface area contributed by atoms with E-state index >= 15 is 0 Å². The fourth-order valence-corrected chi connectivity index (χ4v) is 2.79. The molecular formula is C20H18N4O3. The van der Waals surface area contributed by atoms with Gasteiger partial charge in [-0.15, -0.1) is 0 Å². The van der Waals surface area contributed by atoms with Gasteiger partial charge in [0, 0.05) is 23.5 Å². The Morgan fingerprint density at radius 1 is 0.963 bits per heavy atom. The fourth-order valence-electron chi connectivity index (χ4n) is 2.79. The van der Waals surface area contributed by atoms with Crippen LogP contribution in [0.2, 0.25) is 0 Å². The lowest BCUT2D eigenvalue weighted by Gasteiger charge is -2.10. The number of rotatable bonds is 4. The molecule has 1 amide bonds. The number of carbonyl (C=O) groups excluding carboxylic acids is 1. The Kier molecular flexibility index (Phi) is 4.33. The quantitative estimate of drug-likeness (QED) is 0.734. The second kappa shape index (κ2) is 6.95. The van der Waals surface area contributed by atoms with E-state index in [1.165, 1.54) is 0 Å². The third kappa shape index (κ3) is 3.82. The van der Waals surface area contributed by atoms with Crippen molar-refractivity contribution in [1.29, 1.82) is 0 Å². The summed E-state index contributed by atoms with van der Waals surface area (Å²) in [5.74, 6) is 2.10. The van der Waals surface area contributed by atoms with Gasteiger partial charge in [0.15, 0.2) is 11.5 Å². The Bertz CT molecular complexity index is 1020. The average Bonchev–Trinajstić information content (AvgIpc) is 3.09. The summed E-state index contributed by atoms with van der Waals surface area (Å²) in [6, 6.07) is 14.7. The van der Waals surface area contributed by atoms with Gasteiger partial charge in [-0.3, -0.25) is 4.79 Å². The minimum absolute atomic E-state index is 0.217. The molecule has 2 N–H and O–H groups in total. The van der Waals surface area contributed by atoms with Gasteiger partial charge in [0.05, 0.1) is 0 Å². The van der Waals surface area contributed by atoms with Crippen molar-refractivity contribution in [2.45, 2.75) is 13.8 Å². The molecule has 0 unspecified atom stereocenters. The normalized spacial score (nSPS) is 11.9. The molecule has 0 atom stereocenters. The summed E-state index contributed by atoms with van der Waals surface area (Å²) < 4.78 is 10.7. The van der Waals surface area contributed by atoms with Gasteiger partial charge in [0.2, 0.25) is 6.79 Å². The molecule has 0 spiro atoms. The zero-order chi connectivity index (χ0) is 18.8. The maximum Gasteiger partial charge on any atom is 0.274 e. The van der Waals surface area contributed by atoms with E-state index in [0.29, 0.717) is 23.1 Å². The molecule has 2 heterocycles. The lowest BCUT2D eigenvalue weighted by atomic mass is 10.2. The molecule has 0 saturated heterocycles. The Morgan fingerprint density at radius 3 is 2.67 bits per heavy atom. The van der Waals surface area contributed by atoms with Gasteiger partial charge >= 0.3 is 0 Å². The number of nitrogens with one attached hydrogen (secondary N) is 2. The second-order valence-corrected chi connectivity index (χ2v) is 6.20. The van der Waals surface area contributed by atoms with Crippen LogP contribution in [0.1, 0.15) is 21.9 Å². The Morgan fingerprint density at radius 2 is 1.81 bits per heavy atom. The van der Waals surface area contributed by atoms with E-state index in [2.05, 4.69) is 20.6 Å². The first kappa shape index (κ1) is 16.8. The summed E-state index contributed by atoms with van der Waals surface area (Å²) in [7, 11) is 0. The van der Waals surface area contributed by atoms with Crippen LogP contribution in [0, 0.1) is 13.8 Å². The molecule has 7 nitrogen and oxygen atoms in total. The van der Waals surface area contributed by atoms with Crippen LogP contribution in [0.25, 0.3) is 0 Å². The zero-order valence-corrected chi connectivity index (χ0v) is 14.9. The minimum atomic E-state index is -0.292. The van der Waals surface area contributed by atoms with Crippen molar-refractivity contribution in [3.63, 3.8) is 0 Å². The number of amides is 1. The molecule has 0 bridgehead atoms. The summed E-state index contributed by atoms with van der Waals surface area (Å²) in [6.45, 7) is 3.93. The maximum atomic E-state index is 12.6. The first-order valence-electron chi connectivity index (χ1n) is 8.47. The van der Waals surface area contributed by atoms with E-state index < -0.39 is 0 Å². The fraction of sp³-hybridized carbons (Fsp3) is 0.150. The number of nitrogens with zero attached hydrogens (tertiary/aromatic N) is 2. The van der Waals surface area contributed by atoms with Crippen molar-refractivity contribution in [2.24, 2.45) is 0 Å². The smallest absolute Gasteiger partial charge is 0.274 e. The molecule has 136 valence electrons. The van der Waals surface area contributed by atoms with Crippen LogP contribution < -0.4 is 20.1 Å². The van der Waals surface area contributed by atoms with Crippen LogP contribution in [-0.4, -0.2) is 22.7 Å². The van der Waals surface area contributed by atoms with Crippen LogP contribution in [0.15, 0.2) is 48.5 Å². The first-order valence-corrected chi connectivity index (χ1v) is 8.47. The first-order chi connectivity index (χ1) is 13.1. The van der Waals surface area contributed by atoms with E-state index in [1.54, 1.807) is 13.0 Å². The summed E-state index contributed by atoms with van der Waals surface area (Å²) >= 11 is 0. The number of aryl methyl sites for hydroxylation is 2. The Hall–Kier alpha value is -3.61. The van der Waals surface area contributed by atoms with Crippen LogP contribution in [0.5, 0.6) is 11.5 Å². The Balaban J connectivity index is 1.55. The maximum absolute atomic E-state index is 12.6. The molecule has 4 rings (SSSR count). The van der Waals surface area contributed by atoms with Crippen molar-refractivity contribution >= 4 is 23.1 Å². The van der Waals surface area contributed by atoms with Gasteiger partial charge in [0.1, 0.15) is 17.3 Å². The molecule has 3 aromatic rings. The molecule has 27 heavy (non-hydrogen) atoms. The topological polar surface area (TPSA) is 85.4 Å². The predicted molar refractivity (Wildman–Crippen MR) is 102 cm³/mol.